The Bertz CT molecular complexity index is 1700. The standard InChI is InChI=1S/C32H31F3N6O2S/c1-19(2)27-6-4-5-7-28(27)41-20(3)17-44-31(41)38-30(42)37-24-15-21-8-9-22(14-23(21)16-24)29-36-18-40(39-29)25-10-12-26(13-11-25)43-32(33,34)35/h4-14,18-20,24H,15-17H2,1-3H3,(H,37,42). The number of fused-ring (bicyclic) bond motifs is 1. The molecule has 2 aliphatic rings. The number of carbonyl (C=O) groups is 1. The lowest BCUT2D eigenvalue weighted by atomic mass is 10.00. The van der Waals surface area contributed by atoms with Gasteiger partial charge in [-0.25, -0.2) is 14.5 Å². The number of benzene rings is 3. The highest BCUT2D eigenvalue weighted by Gasteiger charge is 2.32. The number of aliphatic imine (C=N–C) groups is 1. The van der Waals surface area contributed by atoms with Gasteiger partial charge in [0.15, 0.2) is 11.0 Å². The second kappa shape index (κ2) is 12.0. The summed E-state index contributed by atoms with van der Waals surface area (Å²) in [5.41, 5.74) is 5.91. The number of aromatic nitrogens is 3. The molecule has 1 aromatic heterocycles. The summed E-state index contributed by atoms with van der Waals surface area (Å²) in [7, 11) is 0. The van der Waals surface area contributed by atoms with Gasteiger partial charge in [0.05, 0.1) is 5.69 Å². The van der Waals surface area contributed by atoms with Crippen LogP contribution in [0.1, 0.15) is 43.4 Å². The molecule has 8 nitrogen and oxygen atoms in total. The van der Waals surface area contributed by atoms with Gasteiger partial charge in [-0.3, -0.25) is 0 Å². The number of urea groups is 1. The molecule has 6 rings (SSSR count). The van der Waals surface area contributed by atoms with E-state index in [9.17, 15) is 18.0 Å². The molecule has 2 unspecified atom stereocenters. The number of nitrogens with zero attached hydrogens (tertiary/aromatic N) is 5. The van der Waals surface area contributed by atoms with Crippen LogP contribution in [-0.4, -0.2) is 50.2 Å². The monoisotopic (exact) mass is 620 g/mol. The molecule has 1 fully saturated rings. The molecule has 2 amide bonds. The Morgan fingerprint density at radius 2 is 1.82 bits per heavy atom. The minimum absolute atomic E-state index is 0.0831. The normalized spacial score (nSPS) is 19.1. The fourth-order valence-electron chi connectivity index (χ4n) is 5.62. The number of hydrogen-bond donors (Lipinski definition) is 1. The largest absolute Gasteiger partial charge is 0.573 e. The number of ether oxygens (including phenoxy) is 1. The first kappa shape index (κ1) is 29.7. The third-order valence-corrected chi connectivity index (χ3v) is 8.86. The smallest absolute Gasteiger partial charge is 0.406 e. The Morgan fingerprint density at radius 3 is 2.57 bits per heavy atom. The molecule has 2 atom stereocenters. The van der Waals surface area contributed by atoms with E-state index in [1.54, 1.807) is 11.8 Å². The molecule has 1 N–H and O–H groups in total. The maximum atomic E-state index is 13.1. The van der Waals surface area contributed by atoms with Crippen LogP contribution in [0.15, 0.2) is 78.0 Å². The number of anilines is 1. The van der Waals surface area contributed by atoms with Gasteiger partial charge in [0.1, 0.15) is 12.1 Å². The zero-order chi connectivity index (χ0) is 31.0. The molecule has 228 valence electrons. The maximum Gasteiger partial charge on any atom is 0.573 e. The summed E-state index contributed by atoms with van der Waals surface area (Å²) >= 11 is 1.60. The van der Waals surface area contributed by atoms with Crippen LogP contribution in [0, 0.1) is 0 Å². The molecule has 1 saturated heterocycles. The zero-order valence-electron chi connectivity index (χ0n) is 24.4. The zero-order valence-corrected chi connectivity index (χ0v) is 25.2. The fourth-order valence-corrected chi connectivity index (χ4v) is 6.73. The minimum Gasteiger partial charge on any atom is -0.406 e. The van der Waals surface area contributed by atoms with Crippen molar-refractivity contribution in [2.45, 2.75) is 58.0 Å². The van der Waals surface area contributed by atoms with Gasteiger partial charge in [0.2, 0.25) is 0 Å². The van der Waals surface area contributed by atoms with Gasteiger partial charge in [-0.05, 0) is 78.8 Å². The van der Waals surface area contributed by atoms with Gasteiger partial charge in [0.25, 0.3) is 0 Å². The molecule has 0 saturated carbocycles. The van der Waals surface area contributed by atoms with Crippen molar-refractivity contribution >= 4 is 28.6 Å². The molecule has 0 bridgehead atoms. The Kier molecular flexibility index (Phi) is 8.10. The van der Waals surface area contributed by atoms with E-state index in [1.165, 1.54) is 40.8 Å². The van der Waals surface area contributed by atoms with Gasteiger partial charge < -0.3 is 15.0 Å². The predicted molar refractivity (Wildman–Crippen MR) is 166 cm³/mol. The summed E-state index contributed by atoms with van der Waals surface area (Å²) < 4.78 is 42.8. The van der Waals surface area contributed by atoms with Crippen LogP contribution in [0.2, 0.25) is 0 Å². The molecule has 0 spiro atoms. The van der Waals surface area contributed by atoms with Gasteiger partial charge in [-0.15, -0.1) is 18.3 Å². The summed E-state index contributed by atoms with van der Waals surface area (Å²) in [4.78, 5) is 24.2. The van der Waals surface area contributed by atoms with E-state index in [-0.39, 0.29) is 23.9 Å². The number of thioether (sulfide) groups is 1. The SMILES string of the molecule is CC(C)c1ccccc1N1C(=NC(=O)NC2Cc3ccc(-c4ncn(-c5ccc(OC(F)(F)F)cc5)n4)cc3C2)SCC1C. The third kappa shape index (κ3) is 6.45. The molecule has 3 aromatic carbocycles. The Balaban J connectivity index is 1.12. The van der Waals surface area contributed by atoms with Crippen molar-refractivity contribution in [1.82, 2.24) is 20.1 Å². The van der Waals surface area contributed by atoms with Crippen molar-refractivity contribution in [2.75, 3.05) is 10.7 Å². The fraction of sp³-hybridized carbons (Fsp3) is 0.312. The van der Waals surface area contributed by atoms with Gasteiger partial charge >= 0.3 is 12.4 Å². The van der Waals surface area contributed by atoms with Crippen LogP contribution in [0.5, 0.6) is 5.75 Å². The molecule has 0 radical (unpaired) electrons. The maximum absolute atomic E-state index is 13.1. The summed E-state index contributed by atoms with van der Waals surface area (Å²) in [6.45, 7) is 6.48. The first-order valence-corrected chi connectivity index (χ1v) is 15.3. The Morgan fingerprint density at radius 1 is 1.07 bits per heavy atom. The van der Waals surface area contributed by atoms with E-state index in [0.717, 1.165) is 28.1 Å². The molecule has 4 aromatic rings. The average Bonchev–Trinajstić information content (AvgIpc) is 3.70. The first-order valence-electron chi connectivity index (χ1n) is 14.3. The lowest BCUT2D eigenvalue weighted by Crippen LogP contribution is -2.36. The van der Waals surface area contributed by atoms with E-state index in [0.29, 0.717) is 35.4 Å². The van der Waals surface area contributed by atoms with Crippen LogP contribution in [0.4, 0.5) is 23.7 Å². The number of rotatable bonds is 6. The van der Waals surface area contributed by atoms with Crippen LogP contribution in [-0.2, 0) is 12.8 Å². The quantitative estimate of drug-likeness (QED) is 0.247. The molecular formula is C32H31F3N6O2S. The Labute approximate surface area is 257 Å². The van der Waals surface area contributed by atoms with Gasteiger partial charge in [-0.1, -0.05) is 55.9 Å². The van der Waals surface area contributed by atoms with Crippen LogP contribution in [0.25, 0.3) is 17.1 Å². The molecule has 1 aliphatic carbocycles. The van der Waals surface area contributed by atoms with Crippen molar-refractivity contribution < 1.29 is 22.7 Å². The van der Waals surface area contributed by atoms with E-state index in [1.807, 2.05) is 30.3 Å². The number of amidine groups is 1. The van der Waals surface area contributed by atoms with Crippen molar-refractivity contribution in [3.05, 3.63) is 89.7 Å². The summed E-state index contributed by atoms with van der Waals surface area (Å²) in [5.74, 6) is 1.38. The number of carbonyl (C=O) groups excluding carboxylic acids is 1. The summed E-state index contributed by atoms with van der Waals surface area (Å²) in [5, 5.41) is 8.32. The lowest BCUT2D eigenvalue weighted by molar-refractivity contribution is -0.274. The average molecular weight is 621 g/mol. The van der Waals surface area contributed by atoms with Gasteiger partial charge in [0, 0.05) is 29.1 Å². The molecule has 1 aliphatic heterocycles. The third-order valence-electron chi connectivity index (χ3n) is 7.67. The van der Waals surface area contributed by atoms with Crippen molar-refractivity contribution in [3.63, 3.8) is 0 Å². The van der Waals surface area contributed by atoms with Crippen molar-refractivity contribution in [1.29, 1.82) is 0 Å². The van der Waals surface area contributed by atoms with Crippen LogP contribution in [0.3, 0.4) is 0 Å². The molecule has 44 heavy (non-hydrogen) atoms. The number of halogens is 3. The van der Waals surface area contributed by atoms with E-state index >= 15 is 0 Å². The second-order valence-corrected chi connectivity index (χ2v) is 12.2. The molecule has 2 heterocycles. The molecular weight excluding hydrogens is 589 g/mol. The lowest BCUT2D eigenvalue weighted by Gasteiger charge is -2.27. The summed E-state index contributed by atoms with van der Waals surface area (Å²) in [6.07, 6.45) is -1.89. The van der Waals surface area contributed by atoms with Crippen molar-refractivity contribution in [2.24, 2.45) is 4.99 Å². The van der Waals surface area contributed by atoms with Crippen LogP contribution >= 0.6 is 11.8 Å². The van der Waals surface area contributed by atoms with E-state index in [4.69, 9.17) is 0 Å². The number of hydrogen-bond acceptors (Lipinski definition) is 5. The number of amides is 2. The van der Waals surface area contributed by atoms with Crippen LogP contribution < -0.4 is 15.0 Å². The minimum atomic E-state index is -4.75. The summed E-state index contributed by atoms with van der Waals surface area (Å²) in [6, 6.07) is 19.5. The predicted octanol–water partition coefficient (Wildman–Crippen LogP) is 7.13. The number of nitrogens with one attached hydrogen (secondary N) is 1. The van der Waals surface area contributed by atoms with E-state index in [2.05, 4.69) is 62.9 Å². The topological polar surface area (TPSA) is 84.6 Å². The van der Waals surface area contributed by atoms with Gasteiger partial charge in [-0.2, -0.15) is 4.99 Å². The highest BCUT2D eigenvalue weighted by Crippen LogP contribution is 2.35. The molecule has 12 heteroatoms. The Hall–Kier alpha value is -4.32. The second-order valence-electron chi connectivity index (χ2n) is 11.2. The van der Waals surface area contributed by atoms with Crippen molar-refractivity contribution in [3.8, 4) is 22.8 Å². The van der Waals surface area contributed by atoms with E-state index < -0.39 is 6.36 Å². The first-order chi connectivity index (χ1) is 21.0. The number of para-hydroxylation sites is 1. The highest BCUT2D eigenvalue weighted by molar-refractivity contribution is 8.14. The number of alkyl halides is 3. The highest BCUT2D eigenvalue weighted by atomic mass is 32.2.